The van der Waals surface area contributed by atoms with Crippen molar-refractivity contribution >= 4 is 11.0 Å². The van der Waals surface area contributed by atoms with Crippen LogP contribution >= 0.6 is 0 Å². The molecule has 0 amide bonds. The summed E-state index contributed by atoms with van der Waals surface area (Å²) in [5.41, 5.74) is 3.08. The molecule has 0 saturated heterocycles. The minimum atomic E-state index is -0.0547. The van der Waals surface area contributed by atoms with E-state index in [4.69, 9.17) is 0 Å². The van der Waals surface area contributed by atoms with Gasteiger partial charge in [-0.1, -0.05) is 19.9 Å². The zero-order valence-corrected chi connectivity index (χ0v) is 8.66. The number of aromatic nitrogens is 2. The first kappa shape index (κ1) is 9.06. The van der Waals surface area contributed by atoms with Crippen molar-refractivity contribution in [3.63, 3.8) is 0 Å². The van der Waals surface area contributed by atoms with Crippen LogP contribution in [0, 0.1) is 0 Å². The average Bonchev–Trinajstić information content (AvgIpc) is 2.43. The lowest BCUT2D eigenvalue weighted by molar-refractivity contribution is 0.861. The van der Waals surface area contributed by atoms with Crippen molar-refractivity contribution in [2.45, 2.75) is 19.8 Å². The lowest BCUT2D eigenvalue weighted by Gasteiger charge is -2.04. The Morgan fingerprint density at radius 1 is 1.43 bits per heavy atom. The van der Waals surface area contributed by atoms with Crippen LogP contribution in [0.1, 0.15) is 26.8 Å². The molecule has 76 valence electrons. The maximum atomic E-state index is 11.3. The first-order chi connectivity index (χ1) is 6.59. The molecule has 1 aromatic heterocycles. The van der Waals surface area contributed by atoms with Gasteiger partial charge in [0, 0.05) is 8.47 Å². The summed E-state index contributed by atoms with van der Waals surface area (Å²) in [4.78, 5) is 14.1. The molecule has 0 radical (unpaired) electrons. The van der Waals surface area contributed by atoms with Gasteiger partial charge in [-0.05, 0) is 23.6 Å². The van der Waals surface area contributed by atoms with Gasteiger partial charge >= 0.3 is 5.69 Å². The first-order valence-corrected chi connectivity index (χ1v) is 4.78. The Bertz CT molecular complexity index is 525. The van der Waals surface area contributed by atoms with Crippen LogP contribution in [0.3, 0.4) is 0 Å². The van der Waals surface area contributed by atoms with Crippen molar-refractivity contribution in [2.24, 2.45) is 7.05 Å². The molecule has 0 bridgehead atoms. The molecule has 0 spiro atoms. The lowest BCUT2D eigenvalue weighted by Crippen LogP contribution is -2.11. The largest absolute Gasteiger partial charge is 0.326 e. The van der Waals surface area contributed by atoms with Crippen molar-refractivity contribution in [3.8, 4) is 0 Å². The Balaban J connectivity index is 0.00000112. The van der Waals surface area contributed by atoms with E-state index in [1.807, 2.05) is 6.07 Å². The van der Waals surface area contributed by atoms with Crippen LogP contribution in [-0.4, -0.2) is 9.55 Å². The second-order valence-electron chi connectivity index (χ2n) is 3.92. The zero-order chi connectivity index (χ0) is 10.3. The van der Waals surface area contributed by atoms with Crippen LogP contribution in [0.4, 0.5) is 0 Å². The molecule has 0 aliphatic carbocycles. The normalized spacial score (nSPS) is 11.4. The Hall–Kier alpha value is -1.51. The van der Waals surface area contributed by atoms with Crippen molar-refractivity contribution in [2.75, 3.05) is 0 Å². The Labute approximate surface area is 83.9 Å². The van der Waals surface area contributed by atoms with Crippen molar-refractivity contribution in [1.82, 2.24) is 9.55 Å². The minimum absolute atomic E-state index is 0. The smallest absolute Gasteiger partial charge is 0.306 e. The molecule has 0 atom stereocenters. The van der Waals surface area contributed by atoms with Gasteiger partial charge in [0.2, 0.25) is 0 Å². The Morgan fingerprint density at radius 3 is 2.79 bits per heavy atom. The summed E-state index contributed by atoms with van der Waals surface area (Å²) in [6.45, 7) is 4.29. The Morgan fingerprint density at radius 2 is 2.14 bits per heavy atom. The fourth-order valence-electron chi connectivity index (χ4n) is 1.60. The zero-order valence-electron chi connectivity index (χ0n) is 8.66. The third-order valence-electron chi connectivity index (χ3n) is 2.60. The molecular weight excluding hydrogens is 176 g/mol. The number of H-pyrrole nitrogens is 1. The summed E-state index contributed by atoms with van der Waals surface area (Å²) >= 11 is 0. The highest BCUT2D eigenvalue weighted by Gasteiger charge is 2.05. The predicted octanol–water partition coefficient (Wildman–Crippen LogP) is 2.24. The minimum Gasteiger partial charge on any atom is -0.306 e. The highest BCUT2D eigenvalue weighted by molar-refractivity contribution is 5.76. The topological polar surface area (TPSA) is 37.8 Å². The third kappa shape index (κ3) is 1.25. The fourth-order valence-corrected chi connectivity index (χ4v) is 1.60. The first-order valence-electron chi connectivity index (χ1n) is 4.78. The van der Waals surface area contributed by atoms with Crippen LogP contribution < -0.4 is 5.69 Å². The SMILES string of the molecule is CC(C)c1ccc2[nH]c(=O)n(C)c2c1.[HH]. The maximum Gasteiger partial charge on any atom is 0.326 e. The van der Waals surface area contributed by atoms with E-state index in [1.54, 1.807) is 11.6 Å². The Kier molecular flexibility index (Phi) is 1.95. The number of aryl methyl sites for hydroxylation is 1. The molecule has 0 aliphatic rings. The maximum absolute atomic E-state index is 11.3. The summed E-state index contributed by atoms with van der Waals surface area (Å²) in [7, 11) is 1.78. The van der Waals surface area contributed by atoms with Crippen molar-refractivity contribution in [1.29, 1.82) is 0 Å². The molecule has 14 heavy (non-hydrogen) atoms. The molecule has 3 nitrogen and oxygen atoms in total. The fraction of sp³-hybridized carbons (Fsp3) is 0.364. The highest BCUT2D eigenvalue weighted by atomic mass is 16.1. The molecule has 0 unspecified atom stereocenters. The van der Waals surface area contributed by atoms with Crippen LogP contribution in [0.2, 0.25) is 0 Å². The summed E-state index contributed by atoms with van der Waals surface area (Å²) < 4.78 is 1.64. The number of fused-ring (bicyclic) bond motifs is 1. The number of imidazole rings is 1. The van der Waals surface area contributed by atoms with Crippen LogP contribution in [0.25, 0.3) is 11.0 Å². The van der Waals surface area contributed by atoms with Crippen LogP contribution in [0.5, 0.6) is 0 Å². The number of hydrogen-bond donors (Lipinski definition) is 1. The van der Waals surface area contributed by atoms with Gasteiger partial charge in [-0.15, -0.1) is 0 Å². The van der Waals surface area contributed by atoms with Gasteiger partial charge in [0.15, 0.2) is 0 Å². The molecule has 2 aromatic rings. The average molecular weight is 192 g/mol. The summed E-state index contributed by atoms with van der Waals surface area (Å²) in [6.07, 6.45) is 0. The van der Waals surface area contributed by atoms with Gasteiger partial charge in [0.05, 0.1) is 11.0 Å². The van der Waals surface area contributed by atoms with E-state index in [0.717, 1.165) is 11.0 Å². The number of nitrogens with one attached hydrogen (secondary N) is 1. The van der Waals surface area contributed by atoms with Gasteiger partial charge in [-0.3, -0.25) is 4.57 Å². The van der Waals surface area contributed by atoms with Crippen LogP contribution in [0.15, 0.2) is 23.0 Å². The van der Waals surface area contributed by atoms with Crippen molar-refractivity contribution < 1.29 is 1.43 Å². The van der Waals surface area contributed by atoms with E-state index < -0.39 is 0 Å². The number of nitrogens with zero attached hydrogens (tertiary/aromatic N) is 1. The second-order valence-corrected chi connectivity index (χ2v) is 3.92. The molecule has 0 saturated carbocycles. The third-order valence-corrected chi connectivity index (χ3v) is 2.60. The van der Waals surface area contributed by atoms with Gasteiger partial charge in [0.1, 0.15) is 0 Å². The van der Waals surface area contributed by atoms with E-state index >= 15 is 0 Å². The van der Waals surface area contributed by atoms with Gasteiger partial charge < -0.3 is 4.98 Å². The van der Waals surface area contributed by atoms with E-state index in [2.05, 4.69) is 31.0 Å². The molecule has 2 rings (SSSR count). The quantitative estimate of drug-likeness (QED) is 0.739. The van der Waals surface area contributed by atoms with Crippen LogP contribution in [-0.2, 0) is 7.05 Å². The number of aromatic amines is 1. The van der Waals surface area contributed by atoms with E-state index in [0.29, 0.717) is 5.92 Å². The second kappa shape index (κ2) is 3.01. The molecule has 0 aliphatic heterocycles. The highest BCUT2D eigenvalue weighted by Crippen LogP contribution is 2.18. The molecule has 3 heteroatoms. The van der Waals surface area contributed by atoms with Crippen molar-refractivity contribution in [3.05, 3.63) is 34.2 Å². The molecule has 1 aromatic carbocycles. The van der Waals surface area contributed by atoms with E-state index in [-0.39, 0.29) is 7.12 Å². The van der Waals surface area contributed by atoms with Gasteiger partial charge in [-0.2, -0.15) is 0 Å². The number of hydrogen-bond acceptors (Lipinski definition) is 1. The monoisotopic (exact) mass is 192 g/mol. The van der Waals surface area contributed by atoms with E-state index in [9.17, 15) is 4.79 Å². The summed E-state index contributed by atoms with van der Waals surface area (Å²) in [6, 6.07) is 6.09. The number of rotatable bonds is 1. The summed E-state index contributed by atoms with van der Waals surface area (Å²) in [5, 5.41) is 0. The summed E-state index contributed by atoms with van der Waals surface area (Å²) in [5.74, 6) is 0.490. The standard InChI is InChI=1S/C11H14N2O.H2/c1-7(2)8-4-5-9-10(6-8)13(3)11(14)12-9;/h4-7H,1-3H3,(H,12,14);1H. The molecular formula is C11H16N2O. The molecule has 0 fully saturated rings. The molecule has 1 heterocycles. The van der Waals surface area contributed by atoms with Gasteiger partial charge in [0.25, 0.3) is 0 Å². The lowest BCUT2D eigenvalue weighted by atomic mass is 10.0. The van der Waals surface area contributed by atoms with E-state index in [1.165, 1.54) is 5.56 Å². The number of benzene rings is 1. The molecule has 1 N–H and O–H groups in total. The predicted molar refractivity (Wildman–Crippen MR) is 59.7 cm³/mol. The van der Waals surface area contributed by atoms with Gasteiger partial charge in [-0.25, -0.2) is 4.79 Å².